The van der Waals surface area contributed by atoms with Gasteiger partial charge >= 0.3 is 0 Å². The zero-order valence-electron chi connectivity index (χ0n) is 21.8. The van der Waals surface area contributed by atoms with Crippen molar-refractivity contribution in [1.29, 1.82) is 0 Å². The van der Waals surface area contributed by atoms with E-state index in [0.29, 0.717) is 23.7 Å². The van der Waals surface area contributed by atoms with Crippen molar-refractivity contribution >= 4 is 0 Å². The Labute approximate surface area is 197 Å². The molecular weight excluding hydrogens is 392 g/mol. The molecule has 0 heterocycles. The van der Waals surface area contributed by atoms with Crippen LogP contribution in [-0.4, -0.2) is 22.4 Å². The summed E-state index contributed by atoms with van der Waals surface area (Å²) in [5.41, 5.74) is 3.51. The molecule has 0 aromatic heterocycles. The maximum absolute atomic E-state index is 11.7. The zero-order chi connectivity index (χ0) is 23.5. The minimum atomic E-state index is -0.240. The Morgan fingerprint density at radius 1 is 0.875 bits per heavy atom. The predicted molar refractivity (Wildman–Crippen MR) is 132 cm³/mol. The van der Waals surface area contributed by atoms with E-state index >= 15 is 0 Å². The predicted octanol–water partition coefficient (Wildman–Crippen LogP) is 6.92. The van der Waals surface area contributed by atoms with E-state index in [-0.39, 0.29) is 39.3 Å². The summed E-state index contributed by atoms with van der Waals surface area (Å²) in [5, 5.41) is 22.6. The molecule has 0 radical (unpaired) electrons. The zero-order valence-corrected chi connectivity index (χ0v) is 21.8. The summed E-state index contributed by atoms with van der Waals surface area (Å²) in [6, 6.07) is 0. The summed E-state index contributed by atoms with van der Waals surface area (Å²) in [4.78, 5) is 0. The average molecular weight is 441 g/mol. The Balaban J connectivity index is 1.62. The Morgan fingerprint density at radius 3 is 2.25 bits per heavy atom. The lowest BCUT2D eigenvalue weighted by atomic mass is 9.33. The molecule has 0 aromatic carbocycles. The van der Waals surface area contributed by atoms with E-state index in [0.717, 1.165) is 32.1 Å². The van der Waals surface area contributed by atoms with Crippen LogP contribution in [0.5, 0.6) is 0 Å². The molecule has 0 aromatic rings. The van der Waals surface area contributed by atoms with Crippen LogP contribution in [0.1, 0.15) is 99.8 Å². The number of fused-ring (bicyclic) bond motifs is 7. The Hall–Kier alpha value is -0.600. The lowest BCUT2D eigenvalue weighted by molar-refractivity contribution is -0.212. The van der Waals surface area contributed by atoms with Crippen LogP contribution in [0, 0.1) is 50.7 Å². The van der Waals surface area contributed by atoms with Gasteiger partial charge in [0.15, 0.2) is 0 Å². The van der Waals surface area contributed by atoms with E-state index in [4.69, 9.17) is 0 Å². The summed E-state index contributed by atoms with van der Waals surface area (Å²) in [7, 11) is 0. The number of allylic oxidation sites excluding steroid dienone is 3. The fraction of sp³-hybridized carbons (Fsp3) is 0.867. The Bertz CT molecular complexity index is 855. The average Bonchev–Trinajstić information content (AvgIpc) is 2.70. The van der Waals surface area contributed by atoms with Crippen LogP contribution < -0.4 is 0 Å². The Morgan fingerprint density at radius 2 is 1.56 bits per heavy atom. The van der Waals surface area contributed by atoms with Crippen molar-refractivity contribution in [2.24, 2.45) is 50.7 Å². The van der Waals surface area contributed by atoms with Gasteiger partial charge in [-0.05, 0) is 96.7 Å². The second-order valence-electron chi connectivity index (χ2n) is 14.3. The minimum Gasteiger partial charge on any atom is -0.393 e. The van der Waals surface area contributed by atoms with Crippen molar-refractivity contribution in [1.82, 2.24) is 0 Å². The molecule has 2 heteroatoms. The molecule has 0 bridgehead atoms. The van der Waals surface area contributed by atoms with E-state index in [1.54, 1.807) is 5.57 Å². The number of aliphatic hydroxyl groups excluding tert-OH is 2. The summed E-state index contributed by atoms with van der Waals surface area (Å²) in [6.07, 6.45) is 10.9. The SMILES string of the molecule is C=C1CC[C@@]2(C)[C@H](C3=CC[C@@H]4[C@@]5(C)CC[C@H](O)C(C)(C)[C@@H]5CC[C@@]4(C)[C@]3(C)C[C@@H]2O)[C@@H]1C. The quantitative estimate of drug-likeness (QED) is 0.402. The van der Waals surface area contributed by atoms with Gasteiger partial charge in [0.1, 0.15) is 0 Å². The van der Waals surface area contributed by atoms with Crippen molar-refractivity contribution in [3.8, 4) is 0 Å². The Kier molecular flexibility index (Phi) is 4.88. The third kappa shape index (κ3) is 2.55. The molecule has 5 aliphatic rings. The fourth-order valence-corrected chi connectivity index (χ4v) is 10.6. The molecule has 5 aliphatic carbocycles. The minimum absolute atomic E-state index is 0.0144. The van der Waals surface area contributed by atoms with Gasteiger partial charge in [-0.25, -0.2) is 0 Å². The standard InChI is InChI=1S/C30H48O2/c1-18-11-14-28(6)24(32)17-30(8)20(25(28)19(18)2)9-10-22-27(5)15-13-23(31)26(3,4)21(27)12-16-29(22,30)7/h9,19,21-25,31-32H,1,10-17H2,2-8H3/t19-,21+,22-,23+,24+,25+,27+,28-,29-,30-/m1/s1. The molecule has 2 nitrogen and oxygen atoms in total. The second kappa shape index (κ2) is 6.75. The van der Waals surface area contributed by atoms with Gasteiger partial charge in [-0.15, -0.1) is 0 Å². The third-order valence-electron chi connectivity index (χ3n) is 13.0. The maximum Gasteiger partial charge on any atom is 0.0608 e. The van der Waals surface area contributed by atoms with Crippen molar-refractivity contribution in [2.45, 2.75) is 112 Å². The summed E-state index contributed by atoms with van der Waals surface area (Å²) < 4.78 is 0. The van der Waals surface area contributed by atoms with Crippen molar-refractivity contribution < 1.29 is 10.2 Å². The molecule has 10 atom stereocenters. The van der Waals surface area contributed by atoms with Crippen molar-refractivity contribution in [3.05, 3.63) is 23.8 Å². The van der Waals surface area contributed by atoms with Gasteiger partial charge in [-0.1, -0.05) is 72.3 Å². The highest BCUT2D eigenvalue weighted by Gasteiger charge is 2.69. The van der Waals surface area contributed by atoms with Gasteiger partial charge in [0, 0.05) is 5.41 Å². The largest absolute Gasteiger partial charge is 0.393 e. The first-order valence-electron chi connectivity index (χ1n) is 13.5. The highest BCUT2D eigenvalue weighted by molar-refractivity contribution is 5.36. The molecule has 180 valence electrons. The fourth-order valence-electron chi connectivity index (χ4n) is 10.6. The van der Waals surface area contributed by atoms with Crippen LogP contribution in [-0.2, 0) is 0 Å². The van der Waals surface area contributed by atoms with Gasteiger partial charge < -0.3 is 10.2 Å². The molecule has 0 spiro atoms. The molecule has 2 N–H and O–H groups in total. The number of aliphatic hydroxyl groups is 2. The highest BCUT2D eigenvalue weighted by atomic mass is 16.3. The van der Waals surface area contributed by atoms with Crippen LogP contribution >= 0.6 is 0 Å². The molecular formula is C30H48O2. The first kappa shape index (κ1) is 23.2. The smallest absolute Gasteiger partial charge is 0.0608 e. The first-order valence-corrected chi connectivity index (χ1v) is 13.5. The second-order valence-corrected chi connectivity index (χ2v) is 14.3. The monoisotopic (exact) mass is 440 g/mol. The van der Waals surface area contributed by atoms with E-state index in [2.05, 4.69) is 61.1 Å². The maximum atomic E-state index is 11.7. The van der Waals surface area contributed by atoms with Crippen LogP contribution in [0.4, 0.5) is 0 Å². The van der Waals surface area contributed by atoms with Gasteiger partial charge in [0.2, 0.25) is 0 Å². The van der Waals surface area contributed by atoms with Crippen LogP contribution in [0.25, 0.3) is 0 Å². The summed E-state index contributed by atoms with van der Waals surface area (Å²) in [6.45, 7) is 21.5. The van der Waals surface area contributed by atoms with Crippen LogP contribution in [0.15, 0.2) is 23.8 Å². The molecule has 4 saturated carbocycles. The van der Waals surface area contributed by atoms with Crippen LogP contribution in [0.2, 0.25) is 0 Å². The van der Waals surface area contributed by atoms with Crippen molar-refractivity contribution in [3.63, 3.8) is 0 Å². The van der Waals surface area contributed by atoms with E-state index in [1.165, 1.54) is 24.8 Å². The lowest BCUT2D eigenvalue weighted by Crippen LogP contribution is -2.66. The van der Waals surface area contributed by atoms with Gasteiger partial charge in [-0.2, -0.15) is 0 Å². The number of rotatable bonds is 0. The molecule has 4 fully saturated rings. The van der Waals surface area contributed by atoms with Crippen molar-refractivity contribution in [2.75, 3.05) is 0 Å². The van der Waals surface area contributed by atoms with Gasteiger partial charge in [0.05, 0.1) is 12.2 Å². The van der Waals surface area contributed by atoms with Gasteiger partial charge in [-0.3, -0.25) is 0 Å². The van der Waals surface area contributed by atoms with E-state index in [9.17, 15) is 10.2 Å². The summed E-state index contributed by atoms with van der Waals surface area (Å²) >= 11 is 0. The molecule has 5 rings (SSSR count). The number of hydrogen-bond acceptors (Lipinski definition) is 2. The first-order chi connectivity index (χ1) is 14.7. The third-order valence-corrected chi connectivity index (χ3v) is 13.0. The van der Waals surface area contributed by atoms with Gasteiger partial charge in [0.25, 0.3) is 0 Å². The normalized spacial score (nSPS) is 56.9. The summed E-state index contributed by atoms with van der Waals surface area (Å²) in [5.74, 6) is 2.06. The number of hydrogen-bond donors (Lipinski definition) is 2. The molecule has 0 aliphatic heterocycles. The van der Waals surface area contributed by atoms with Crippen LogP contribution in [0.3, 0.4) is 0 Å². The molecule has 0 saturated heterocycles. The topological polar surface area (TPSA) is 40.5 Å². The molecule has 0 amide bonds. The molecule has 0 unspecified atom stereocenters. The highest BCUT2D eigenvalue weighted by Crippen LogP contribution is 2.75. The van der Waals surface area contributed by atoms with E-state index < -0.39 is 0 Å². The van der Waals surface area contributed by atoms with E-state index in [1.807, 2.05) is 0 Å². The molecule has 32 heavy (non-hydrogen) atoms. The lowest BCUT2D eigenvalue weighted by Gasteiger charge is -2.72.